The van der Waals surface area contributed by atoms with Crippen LogP contribution in [0.3, 0.4) is 0 Å². The number of nitrogens with zero attached hydrogens (tertiary/aromatic N) is 2. The molecule has 0 unspecified atom stereocenters. The first kappa shape index (κ1) is 9.77. The second-order valence-electron chi connectivity index (χ2n) is 3.60. The minimum atomic E-state index is -0.393. The molecule has 2 aromatic heterocycles. The van der Waals surface area contributed by atoms with Crippen LogP contribution in [0.5, 0.6) is 0 Å². The molecule has 0 spiro atoms. The number of nitrogen functional groups attached to an aromatic ring is 1. The molecule has 0 aliphatic rings. The Kier molecular flexibility index (Phi) is 2.04. The molecule has 0 fully saturated rings. The lowest BCUT2D eigenvalue weighted by molar-refractivity contribution is 0.567. The second kappa shape index (κ2) is 3.55. The van der Waals surface area contributed by atoms with E-state index in [-0.39, 0.29) is 5.58 Å². The Bertz CT molecular complexity index is 693. The number of hydrogen-bond donors (Lipinski definition) is 1. The summed E-state index contributed by atoms with van der Waals surface area (Å²) in [6.07, 6.45) is 1.34. The van der Waals surface area contributed by atoms with Crippen LogP contribution in [0, 0.1) is 5.82 Å². The van der Waals surface area contributed by atoms with Gasteiger partial charge in [-0.2, -0.15) is 0 Å². The van der Waals surface area contributed by atoms with Gasteiger partial charge in [-0.3, -0.25) is 0 Å². The third kappa shape index (κ3) is 1.61. The molecule has 5 heteroatoms. The van der Waals surface area contributed by atoms with Crippen LogP contribution in [-0.2, 0) is 0 Å². The molecule has 3 rings (SSSR count). The molecule has 0 aliphatic heterocycles. The Hall–Kier alpha value is -2.43. The predicted molar refractivity (Wildman–Crippen MR) is 61.6 cm³/mol. The van der Waals surface area contributed by atoms with Crippen molar-refractivity contribution in [3.63, 3.8) is 0 Å². The zero-order chi connectivity index (χ0) is 11.8. The van der Waals surface area contributed by atoms with E-state index in [4.69, 9.17) is 10.2 Å². The highest BCUT2D eigenvalue weighted by Crippen LogP contribution is 2.28. The van der Waals surface area contributed by atoms with Crippen molar-refractivity contribution < 1.29 is 8.81 Å². The van der Waals surface area contributed by atoms with Crippen LogP contribution >= 0.6 is 0 Å². The zero-order valence-electron chi connectivity index (χ0n) is 8.72. The highest BCUT2D eigenvalue weighted by Gasteiger charge is 2.10. The van der Waals surface area contributed by atoms with Gasteiger partial charge in [0.15, 0.2) is 17.2 Å². The van der Waals surface area contributed by atoms with E-state index in [0.717, 1.165) is 0 Å². The fourth-order valence-corrected chi connectivity index (χ4v) is 1.66. The highest BCUT2D eigenvalue weighted by atomic mass is 19.1. The molecule has 0 aliphatic carbocycles. The summed E-state index contributed by atoms with van der Waals surface area (Å²) in [6, 6.07) is 8.06. The number of anilines is 1. The summed E-state index contributed by atoms with van der Waals surface area (Å²) in [5.41, 5.74) is 6.31. The number of halogens is 1. The lowest BCUT2D eigenvalue weighted by Crippen LogP contribution is -1.91. The molecule has 0 radical (unpaired) electrons. The Morgan fingerprint density at radius 2 is 2.06 bits per heavy atom. The van der Waals surface area contributed by atoms with Crippen molar-refractivity contribution in [3.05, 3.63) is 42.5 Å². The van der Waals surface area contributed by atoms with Crippen molar-refractivity contribution in [1.29, 1.82) is 0 Å². The van der Waals surface area contributed by atoms with E-state index >= 15 is 0 Å². The molecular formula is C12H8FN3O. The summed E-state index contributed by atoms with van der Waals surface area (Å²) in [7, 11) is 0. The van der Waals surface area contributed by atoms with Gasteiger partial charge >= 0.3 is 0 Å². The molecule has 17 heavy (non-hydrogen) atoms. The summed E-state index contributed by atoms with van der Waals surface area (Å²) < 4.78 is 18.9. The minimum Gasteiger partial charge on any atom is -0.451 e. The van der Waals surface area contributed by atoms with E-state index in [2.05, 4.69) is 9.97 Å². The van der Waals surface area contributed by atoms with E-state index in [9.17, 15) is 4.39 Å². The third-order valence-electron chi connectivity index (χ3n) is 2.44. The van der Waals surface area contributed by atoms with Gasteiger partial charge in [0.25, 0.3) is 0 Å². The van der Waals surface area contributed by atoms with E-state index in [1.54, 1.807) is 24.3 Å². The number of hydrogen-bond acceptors (Lipinski definition) is 4. The van der Waals surface area contributed by atoms with Crippen LogP contribution in [0.4, 0.5) is 10.2 Å². The molecule has 84 valence electrons. The predicted octanol–water partition coefficient (Wildman–Crippen LogP) is 2.61. The Balaban J connectivity index is 2.22. The number of nitrogens with two attached hydrogens (primary N) is 1. The third-order valence-corrected chi connectivity index (χ3v) is 2.44. The number of aromatic nitrogens is 2. The first-order valence-corrected chi connectivity index (χ1v) is 5.00. The van der Waals surface area contributed by atoms with Gasteiger partial charge in [0, 0.05) is 11.5 Å². The van der Waals surface area contributed by atoms with Crippen LogP contribution in [0.1, 0.15) is 0 Å². The molecule has 3 aromatic rings. The first-order chi connectivity index (χ1) is 8.24. The van der Waals surface area contributed by atoms with Crippen molar-refractivity contribution >= 4 is 16.8 Å². The maximum atomic E-state index is 13.4. The van der Waals surface area contributed by atoms with E-state index in [1.807, 2.05) is 0 Å². The summed E-state index contributed by atoms with van der Waals surface area (Å²) in [4.78, 5) is 7.82. The van der Waals surface area contributed by atoms with Crippen molar-refractivity contribution in [3.8, 4) is 11.5 Å². The van der Waals surface area contributed by atoms with Gasteiger partial charge in [0.05, 0.1) is 0 Å². The van der Waals surface area contributed by atoms with Crippen molar-refractivity contribution in [1.82, 2.24) is 9.97 Å². The van der Waals surface area contributed by atoms with Crippen LogP contribution in [0.15, 0.2) is 41.1 Å². The molecule has 0 amide bonds. The van der Waals surface area contributed by atoms with Gasteiger partial charge < -0.3 is 10.2 Å². The van der Waals surface area contributed by atoms with Gasteiger partial charge in [-0.25, -0.2) is 14.4 Å². The molecule has 4 nitrogen and oxygen atoms in total. The molecule has 2 heterocycles. The standard InChI is InChI=1S/C12H8FN3O/c13-8-3-1-2-7-4-10(17-12(7)8)9-5-11(14)16-6-15-9/h1-6H,(H2,14,15,16). The molecule has 0 saturated heterocycles. The molecule has 0 saturated carbocycles. The Morgan fingerprint density at radius 3 is 2.82 bits per heavy atom. The molecule has 0 atom stereocenters. The fraction of sp³-hybridized carbons (Fsp3) is 0. The lowest BCUT2D eigenvalue weighted by atomic mass is 10.2. The first-order valence-electron chi connectivity index (χ1n) is 5.00. The van der Waals surface area contributed by atoms with Gasteiger partial charge in [-0.15, -0.1) is 0 Å². The SMILES string of the molecule is Nc1cc(-c2cc3cccc(F)c3o2)ncn1. The molecule has 2 N–H and O–H groups in total. The number of rotatable bonds is 1. The smallest absolute Gasteiger partial charge is 0.170 e. The van der Waals surface area contributed by atoms with Crippen molar-refractivity contribution in [2.75, 3.05) is 5.73 Å². The van der Waals surface area contributed by atoms with Crippen molar-refractivity contribution in [2.45, 2.75) is 0 Å². The molecular weight excluding hydrogens is 221 g/mol. The Morgan fingerprint density at radius 1 is 1.18 bits per heavy atom. The number of furan rings is 1. The number of fused-ring (bicyclic) bond motifs is 1. The average Bonchev–Trinajstić information content (AvgIpc) is 2.74. The largest absolute Gasteiger partial charge is 0.451 e. The zero-order valence-corrected chi connectivity index (χ0v) is 8.72. The second-order valence-corrected chi connectivity index (χ2v) is 3.60. The fourth-order valence-electron chi connectivity index (χ4n) is 1.66. The average molecular weight is 229 g/mol. The molecule has 0 bridgehead atoms. The summed E-state index contributed by atoms with van der Waals surface area (Å²) in [5, 5.41) is 0.692. The summed E-state index contributed by atoms with van der Waals surface area (Å²) in [6.45, 7) is 0. The van der Waals surface area contributed by atoms with Crippen LogP contribution < -0.4 is 5.73 Å². The normalized spacial score (nSPS) is 10.9. The monoisotopic (exact) mass is 229 g/mol. The highest BCUT2D eigenvalue weighted by molar-refractivity contribution is 5.82. The van der Waals surface area contributed by atoms with Crippen LogP contribution in [0.2, 0.25) is 0 Å². The van der Waals surface area contributed by atoms with Gasteiger partial charge in [-0.1, -0.05) is 12.1 Å². The van der Waals surface area contributed by atoms with Gasteiger partial charge in [-0.05, 0) is 12.1 Å². The van der Waals surface area contributed by atoms with E-state index < -0.39 is 5.82 Å². The Labute approximate surface area is 95.9 Å². The van der Waals surface area contributed by atoms with Crippen molar-refractivity contribution in [2.24, 2.45) is 0 Å². The quantitative estimate of drug-likeness (QED) is 0.696. The van der Waals surface area contributed by atoms with E-state index in [0.29, 0.717) is 22.7 Å². The molecule has 1 aromatic carbocycles. The van der Waals surface area contributed by atoms with E-state index in [1.165, 1.54) is 12.4 Å². The topological polar surface area (TPSA) is 64.9 Å². The summed E-state index contributed by atoms with van der Waals surface area (Å²) >= 11 is 0. The number of benzene rings is 1. The van der Waals surface area contributed by atoms with Crippen LogP contribution in [-0.4, -0.2) is 9.97 Å². The minimum absolute atomic E-state index is 0.222. The maximum absolute atomic E-state index is 13.4. The van der Waals surface area contributed by atoms with Crippen LogP contribution in [0.25, 0.3) is 22.4 Å². The lowest BCUT2D eigenvalue weighted by Gasteiger charge is -1.95. The van der Waals surface area contributed by atoms with Gasteiger partial charge in [0.1, 0.15) is 17.8 Å². The van der Waals surface area contributed by atoms with Gasteiger partial charge in [0.2, 0.25) is 0 Å². The maximum Gasteiger partial charge on any atom is 0.170 e. The number of para-hydroxylation sites is 1. The summed E-state index contributed by atoms with van der Waals surface area (Å²) in [5.74, 6) is 0.422.